The Labute approximate surface area is 125 Å². The van der Waals surface area contributed by atoms with Gasteiger partial charge in [0.2, 0.25) is 0 Å². The summed E-state index contributed by atoms with van der Waals surface area (Å²) in [5.74, 6) is 0.928. The van der Waals surface area contributed by atoms with Crippen molar-refractivity contribution in [2.45, 2.75) is 32.7 Å². The number of hydrogen-bond donors (Lipinski definition) is 1. The van der Waals surface area contributed by atoms with E-state index in [1.165, 1.54) is 6.26 Å². The van der Waals surface area contributed by atoms with E-state index in [0.29, 0.717) is 12.3 Å². The maximum absolute atomic E-state index is 11.9. The molecule has 2 rings (SSSR count). The lowest BCUT2D eigenvalue weighted by molar-refractivity contribution is 0.0923. The second kappa shape index (κ2) is 6.04. The molecule has 21 heavy (non-hydrogen) atoms. The fraction of sp³-hybridized carbons (Fsp3) is 0.353. The molecule has 0 aliphatic heterocycles. The predicted octanol–water partition coefficient (Wildman–Crippen LogP) is 3.52. The Morgan fingerprint density at radius 1 is 1.29 bits per heavy atom. The largest absolute Gasteiger partial charge is 0.497 e. The van der Waals surface area contributed by atoms with E-state index in [-0.39, 0.29) is 11.3 Å². The van der Waals surface area contributed by atoms with Crippen molar-refractivity contribution in [3.63, 3.8) is 0 Å². The van der Waals surface area contributed by atoms with Crippen LogP contribution < -0.4 is 10.1 Å². The summed E-state index contributed by atoms with van der Waals surface area (Å²) in [5.41, 5.74) is 2.20. The number of carbonyl (C=O) groups excluding carboxylic acids is 1. The molecule has 4 nitrogen and oxygen atoms in total. The fourth-order valence-electron chi connectivity index (χ4n) is 2.21. The second-order valence-electron chi connectivity index (χ2n) is 5.93. The van der Waals surface area contributed by atoms with Crippen LogP contribution in [0.5, 0.6) is 5.75 Å². The van der Waals surface area contributed by atoms with Gasteiger partial charge >= 0.3 is 0 Å². The zero-order valence-electron chi connectivity index (χ0n) is 12.9. The normalized spacial score (nSPS) is 11.2. The molecule has 0 bridgehead atoms. The highest BCUT2D eigenvalue weighted by atomic mass is 16.5. The van der Waals surface area contributed by atoms with Crippen molar-refractivity contribution in [3.8, 4) is 5.75 Å². The van der Waals surface area contributed by atoms with E-state index in [2.05, 4.69) is 26.1 Å². The third kappa shape index (κ3) is 3.66. The third-order valence-electron chi connectivity index (χ3n) is 3.31. The molecular formula is C17H21NO3. The van der Waals surface area contributed by atoms with E-state index in [4.69, 9.17) is 9.15 Å². The van der Waals surface area contributed by atoms with Crippen LogP contribution >= 0.6 is 0 Å². The van der Waals surface area contributed by atoms with Crippen LogP contribution in [0.15, 0.2) is 41.0 Å². The average molecular weight is 287 g/mol. The Morgan fingerprint density at radius 3 is 2.62 bits per heavy atom. The van der Waals surface area contributed by atoms with Crippen LogP contribution in [-0.2, 0) is 12.0 Å². The third-order valence-corrected chi connectivity index (χ3v) is 3.31. The number of hydrogen-bond acceptors (Lipinski definition) is 3. The topological polar surface area (TPSA) is 51.5 Å². The van der Waals surface area contributed by atoms with Crippen molar-refractivity contribution in [1.29, 1.82) is 0 Å². The monoisotopic (exact) mass is 287 g/mol. The van der Waals surface area contributed by atoms with Gasteiger partial charge in [-0.25, -0.2) is 0 Å². The average Bonchev–Trinajstić information content (AvgIpc) is 2.97. The lowest BCUT2D eigenvalue weighted by atomic mass is 9.83. The van der Waals surface area contributed by atoms with Crippen molar-refractivity contribution < 1.29 is 13.9 Å². The van der Waals surface area contributed by atoms with Crippen molar-refractivity contribution in [1.82, 2.24) is 5.32 Å². The van der Waals surface area contributed by atoms with Gasteiger partial charge in [-0.1, -0.05) is 26.8 Å². The number of furan rings is 1. The minimum Gasteiger partial charge on any atom is -0.497 e. The molecule has 1 amide bonds. The van der Waals surface area contributed by atoms with Gasteiger partial charge in [0.15, 0.2) is 5.76 Å². The molecule has 1 heterocycles. The molecule has 0 radical (unpaired) electrons. The van der Waals surface area contributed by atoms with Gasteiger partial charge in [0.1, 0.15) is 5.75 Å². The summed E-state index contributed by atoms with van der Waals surface area (Å²) in [7, 11) is 1.65. The molecule has 0 unspecified atom stereocenters. The van der Waals surface area contributed by atoms with Crippen LogP contribution in [-0.4, -0.2) is 13.0 Å². The molecule has 1 N–H and O–H groups in total. The van der Waals surface area contributed by atoms with Crippen LogP contribution in [0.3, 0.4) is 0 Å². The van der Waals surface area contributed by atoms with Crippen LogP contribution in [0, 0.1) is 0 Å². The lowest BCUT2D eigenvalue weighted by Gasteiger charge is -2.23. The summed E-state index contributed by atoms with van der Waals surface area (Å²) >= 11 is 0. The molecule has 0 aliphatic rings. The summed E-state index contributed by atoms with van der Waals surface area (Å²) in [6.45, 7) is 6.87. The van der Waals surface area contributed by atoms with Crippen LogP contribution in [0.2, 0.25) is 0 Å². The Balaban J connectivity index is 2.18. The zero-order chi connectivity index (χ0) is 15.5. The van der Waals surface area contributed by atoms with E-state index in [1.807, 2.05) is 18.2 Å². The summed E-state index contributed by atoms with van der Waals surface area (Å²) in [4.78, 5) is 11.9. The van der Waals surface area contributed by atoms with E-state index in [1.54, 1.807) is 19.2 Å². The van der Waals surface area contributed by atoms with Crippen LogP contribution in [0.25, 0.3) is 0 Å². The number of amides is 1. The van der Waals surface area contributed by atoms with Crippen molar-refractivity contribution in [2.24, 2.45) is 0 Å². The number of benzene rings is 1. The highest BCUT2D eigenvalue weighted by molar-refractivity contribution is 5.91. The van der Waals surface area contributed by atoms with Crippen molar-refractivity contribution in [2.75, 3.05) is 7.11 Å². The standard InChI is InChI=1S/C17H21NO3/c1-17(2,3)14-10-13(20-4)8-7-12(14)11-18-16(19)15-6-5-9-21-15/h5-10H,11H2,1-4H3,(H,18,19). The summed E-state index contributed by atoms with van der Waals surface area (Å²) < 4.78 is 10.4. The Morgan fingerprint density at radius 2 is 2.05 bits per heavy atom. The molecule has 0 saturated heterocycles. The summed E-state index contributed by atoms with van der Waals surface area (Å²) in [5, 5.41) is 2.88. The lowest BCUT2D eigenvalue weighted by Crippen LogP contribution is -2.25. The highest BCUT2D eigenvalue weighted by Crippen LogP contribution is 2.29. The number of methoxy groups -OCH3 is 1. The number of ether oxygens (including phenoxy) is 1. The minimum atomic E-state index is -0.212. The Kier molecular flexibility index (Phi) is 4.36. The smallest absolute Gasteiger partial charge is 0.287 e. The number of nitrogens with one attached hydrogen (secondary N) is 1. The maximum atomic E-state index is 11.9. The Bertz CT molecular complexity index is 609. The van der Waals surface area contributed by atoms with Gasteiger partial charge in [0.25, 0.3) is 5.91 Å². The molecule has 4 heteroatoms. The Hall–Kier alpha value is -2.23. The van der Waals surface area contributed by atoms with Gasteiger partial charge in [0, 0.05) is 6.54 Å². The zero-order valence-corrected chi connectivity index (χ0v) is 12.9. The maximum Gasteiger partial charge on any atom is 0.287 e. The van der Waals surface area contributed by atoms with Crippen LogP contribution in [0.1, 0.15) is 42.5 Å². The first-order valence-electron chi connectivity index (χ1n) is 6.91. The van der Waals surface area contributed by atoms with Gasteiger partial charge in [-0.3, -0.25) is 4.79 Å². The van der Waals surface area contributed by atoms with Gasteiger partial charge in [-0.05, 0) is 40.8 Å². The molecular weight excluding hydrogens is 266 g/mol. The van der Waals surface area contributed by atoms with E-state index >= 15 is 0 Å². The molecule has 0 aliphatic carbocycles. The van der Waals surface area contributed by atoms with E-state index in [9.17, 15) is 4.79 Å². The van der Waals surface area contributed by atoms with E-state index in [0.717, 1.165) is 16.9 Å². The molecule has 112 valence electrons. The molecule has 0 saturated carbocycles. The van der Waals surface area contributed by atoms with Gasteiger partial charge < -0.3 is 14.5 Å². The number of carbonyl (C=O) groups is 1. The molecule has 0 atom stereocenters. The van der Waals surface area contributed by atoms with E-state index < -0.39 is 0 Å². The molecule has 0 fully saturated rings. The summed E-state index contributed by atoms with van der Waals surface area (Å²) in [6.07, 6.45) is 1.49. The second-order valence-corrected chi connectivity index (χ2v) is 5.93. The van der Waals surface area contributed by atoms with Gasteiger partial charge in [-0.2, -0.15) is 0 Å². The first-order valence-corrected chi connectivity index (χ1v) is 6.91. The van der Waals surface area contributed by atoms with Crippen LogP contribution in [0.4, 0.5) is 0 Å². The predicted molar refractivity (Wildman–Crippen MR) is 81.6 cm³/mol. The summed E-state index contributed by atoms with van der Waals surface area (Å²) in [6, 6.07) is 9.26. The first kappa shape index (κ1) is 15.2. The van der Waals surface area contributed by atoms with Crippen molar-refractivity contribution >= 4 is 5.91 Å². The van der Waals surface area contributed by atoms with Crippen molar-refractivity contribution in [3.05, 3.63) is 53.5 Å². The SMILES string of the molecule is COc1ccc(CNC(=O)c2ccco2)c(C(C)(C)C)c1. The first-order chi connectivity index (χ1) is 9.91. The molecule has 1 aromatic carbocycles. The quantitative estimate of drug-likeness (QED) is 0.936. The fourth-order valence-corrected chi connectivity index (χ4v) is 2.21. The molecule has 2 aromatic rings. The highest BCUT2D eigenvalue weighted by Gasteiger charge is 2.19. The van der Waals surface area contributed by atoms with Gasteiger partial charge in [-0.15, -0.1) is 0 Å². The van der Waals surface area contributed by atoms with Gasteiger partial charge in [0.05, 0.1) is 13.4 Å². The number of rotatable bonds is 4. The molecule has 0 spiro atoms. The molecule has 1 aromatic heterocycles. The minimum absolute atomic E-state index is 0.0285.